The summed E-state index contributed by atoms with van der Waals surface area (Å²) < 4.78 is 0. The van der Waals surface area contributed by atoms with E-state index in [1.54, 1.807) is 6.20 Å². The first kappa shape index (κ1) is 17.0. The first-order valence-electron chi connectivity index (χ1n) is 8.61. The van der Waals surface area contributed by atoms with Crippen molar-refractivity contribution in [1.82, 2.24) is 15.3 Å². The Kier molecular flexibility index (Phi) is 5.20. The normalized spacial score (nSPS) is 15.1. The largest absolute Gasteiger partial charge is 0.391 e. The molecule has 2 aromatic rings. The molecule has 1 fully saturated rings. The van der Waals surface area contributed by atoms with Crippen LogP contribution in [0.2, 0.25) is 5.02 Å². The van der Waals surface area contributed by atoms with Crippen molar-refractivity contribution in [3.8, 4) is 11.3 Å². The SMILES string of the molecule is C=CNCC(c1ccc(CC)c(-c2ccnc(C)c2Cl)n1)C1CC1. The molecule has 1 saturated carbocycles. The quantitative estimate of drug-likeness (QED) is 0.778. The molecule has 1 N–H and O–H groups in total. The number of hydrogen-bond donors (Lipinski definition) is 1. The van der Waals surface area contributed by atoms with E-state index < -0.39 is 0 Å². The van der Waals surface area contributed by atoms with Crippen LogP contribution >= 0.6 is 11.6 Å². The first-order chi connectivity index (χ1) is 11.7. The van der Waals surface area contributed by atoms with E-state index in [1.165, 1.54) is 18.4 Å². The molecular formula is C20H24ClN3. The molecule has 1 atom stereocenters. The number of aryl methyl sites for hydroxylation is 2. The number of pyridine rings is 2. The third kappa shape index (κ3) is 3.46. The zero-order valence-corrected chi connectivity index (χ0v) is 15.1. The Morgan fingerprint density at radius 1 is 1.38 bits per heavy atom. The van der Waals surface area contributed by atoms with E-state index in [0.717, 1.165) is 41.5 Å². The van der Waals surface area contributed by atoms with Crippen LogP contribution in [0.3, 0.4) is 0 Å². The van der Waals surface area contributed by atoms with E-state index in [9.17, 15) is 0 Å². The molecule has 0 amide bonds. The lowest BCUT2D eigenvalue weighted by Gasteiger charge is -2.19. The van der Waals surface area contributed by atoms with Crippen molar-refractivity contribution < 1.29 is 0 Å². The minimum atomic E-state index is 0.425. The molecule has 126 valence electrons. The molecule has 0 radical (unpaired) electrons. The third-order valence-electron chi connectivity index (χ3n) is 4.75. The van der Waals surface area contributed by atoms with Gasteiger partial charge in [-0.15, -0.1) is 0 Å². The minimum absolute atomic E-state index is 0.425. The molecule has 0 spiro atoms. The fraction of sp³-hybridized carbons (Fsp3) is 0.400. The second-order valence-electron chi connectivity index (χ2n) is 6.41. The molecule has 0 aliphatic heterocycles. The number of nitrogens with one attached hydrogen (secondary N) is 1. The second kappa shape index (κ2) is 7.35. The Morgan fingerprint density at radius 3 is 2.83 bits per heavy atom. The molecule has 0 bridgehead atoms. The maximum Gasteiger partial charge on any atom is 0.0753 e. The van der Waals surface area contributed by atoms with E-state index in [1.807, 2.05) is 19.2 Å². The Morgan fingerprint density at radius 2 is 2.17 bits per heavy atom. The van der Waals surface area contributed by atoms with E-state index in [-0.39, 0.29) is 0 Å². The maximum atomic E-state index is 6.52. The van der Waals surface area contributed by atoms with Crippen LogP contribution in [0.25, 0.3) is 11.3 Å². The van der Waals surface area contributed by atoms with Crippen molar-refractivity contribution >= 4 is 11.6 Å². The molecule has 1 aliphatic rings. The smallest absolute Gasteiger partial charge is 0.0753 e. The van der Waals surface area contributed by atoms with E-state index in [2.05, 4.69) is 35.9 Å². The molecule has 4 heteroatoms. The van der Waals surface area contributed by atoms with E-state index >= 15 is 0 Å². The number of hydrogen-bond acceptors (Lipinski definition) is 3. The van der Waals surface area contributed by atoms with Crippen molar-refractivity contribution in [2.75, 3.05) is 6.54 Å². The molecule has 3 nitrogen and oxygen atoms in total. The molecule has 1 aliphatic carbocycles. The number of aromatic nitrogens is 2. The summed E-state index contributed by atoms with van der Waals surface area (Å²) in [5.74, 6) is 1.15. The Hall–Kier alpha value is -1.87. The van der Waals surface area contributed by atoms with Crippen LogP contribution < -0.4 is 5.32 Å². The topological polar surface area (TPSA) is 37.8 Å². The summed E-state index contributed by atoms with van der Waals surface area (Å²) in [6, 6.07) is 6.35. The minimum Gasteiger partial charge on any atom is -0.391 e. The van der Waals surface area contributed by atoms with Crippen LogP contribution in [0.4, 0.5) is 0 Å². The summed E-state index contributed by atoms with van der Waals surface area (Å²) in [6.07, 6.45) is 7.07. The van der Waals surface area contributed by atoms with Gasteiger partial charge < -0.3 is 5.32 Å². The zero-order valence-electron chi connectivity index (χ0n) is 14.3. The van der Waals surface area contributed by atoms with Gasteiger partial charge in [0.1, 0.15) is 0 Å². The molecule has 3 rings (SSSR count). The van der Waals surface area contributed by atoms with Crippen molar-refractivity contribution in [1.29, 1.82) is 0 Å². The van der Waals surface area contributed by atoms with Gasteiger partial charge in [-0.05, 0) is 56.0 Å². The second-order valence-corrected chi connectivity index (χ2v) is 6.79. The predicted molar refractivity (Wildman–Crippen MR) is 100 cm³/mol. The van der Waals surface area contributed by atoms with Gasteiger partial charge in [0, 0.05) is 29.9 Å². The van der Waals surface area contributed by atoms with Gasteiger partial charge in [-0.2, -0.15) is 0 Å². The molecule has 1 unspecified atom stereocenters. The highest BCUT2D eigenvalue weighted by molar-refractivity contribution is 6.33. The van der Waals surface area contributed by atoms with Gasteiger partial charge in [0.15, 0.2) is 0 Å². The highest BCUT2D eigenvalue weighted by atomic mass is 35.5. The predicted octanol–water partition coefficient (Wildman–Crippen LogP) is 4.89. The average Bonchev–Trinajstić information content (AvgIpc) is 3.42. The Bertz CT molecular complexity index is 738. The monoisotopic (exact) mass is 341 g/mol. The Balaban J connectivity index is 2.04. The maximum absolute atomic E-state index is 6.52. The van der Waals surface area contributed by atoms with E-state index in [4.69, 9.17) is 16.6 Å². The van der Waals surface area contributed by atoms with Gasteiger partial charge in [-0.25, -0.2) is 0 Å². The fourth-order valence-electron chi connectivity index (χ4n) is 3.18. The van der Waals surface area contributed by atoms with Crippen LogP contribution in [-0.4, -0.2) is 16.5 Å². The summed E-state index contributed by atoms with van der Waals surface area (Å²) in [6.45, 7) is 8.73. The number of nitrogens with zero attached hydrogens (tertiary/aromatic N) is 2. The van der Waals surface area contributed by atoms with Crippen molar-refractivity contribution in [2.24, 2.45) is 5.92 Å². The van der Waals surface area contributed by atoms with Crippen molar-refractivity contribution in [2.45, 2.75) is 39.0 Å². The van der Waals surface area contributed by atoms with E-state index in [0.29, 0.717) is 10.9 Å². The summed E-state index contributed by atoms with van der Waals surface area (Å²) in [7, 11) is 0. The molecule has 2 aromatic heterocycles. The van der Waals surface area contributed by atoms with Crippen molar-refractivity contribution in [3.05, 3.63) is 59.1 Å². The molecule has 0 saturated heterocycles. The fourth-order valence-corrected chi connectivity index (χ4v) is 3.38. The highest BCUT2D eigenvalue weighted by Gasteiger charge is 2.33. The Labute approximate surface area is 149 Å². The van der Waals surface area contributed by atoms with Gasteiger partial charge in [0.2, 0.25) is 0 Å². The summed E-state index contributed by atoms with van der Waals surface area (Å²) in [4.78, 5) is 9.32. The van der Waals surface area contributed by atoms with Gasteiger partial charge in [-0.1, -0.05) is 31.2 Å². The van der Waals surface area contributed by atoms with Gasteiger partial charge in [-0.3, -0.25) is 9.97 Å². The summed E-state index contributed by atoms with van der Waals surface area (Å²) in [5.41, 5.74) is 5.18. The van der Waals surface area contributed by atoms with Gasteiger partial charge in [0.05, 0.1) is 16.4 Å². The summed E-state index contributed by atoms with van der Waals surface area (Å²) in [5, 5.41) is 3.96. The lowest BCUT2D eigenvalue weighted by Crippen LogP contribution is -2.19. The number of rotatable bonds is 7. The van der Waals surface area contributed by atoms with Crippen LogP contribution in [0, 0.1) is 12.8 Å². The zero-order chi connectivity index (χ0) is 17.1. The first-order valence-corrected chi connectivity index (χ1v) is 8.99. The standard InChI is InChI=1S/C20H24ClN3/c1-4-14-8-9-18(17(12-22-5-2)15-6-7-15)24-20(14)16-10-11-23-13(3)19(16)21/h5,8-11,15,17,22H,2,4,6-7,12H2,1,3H3. The van der Waals surface area contributed by atoms with Crippen LogP contribution in [-0.2, 0) is 6.42 Å². The van der Waals surface area contributed by atoms with Crippen LogP contribution in [0.15, 0.2) is 37.2 Å². The summed E-state index contributed by atoms with van der Waals surface area (Å²) >= 11 is 6.52. The van der Waals surface area contributed by atoms with Crippen molar-refractivity contribution in [3.63, 3.8) is 0 Å². The lowest BCUT2D eigenvalue weighted by atomic mass is 9.96. The highest BCUT2D eigenvalue weighted by Crippen LogP contribution is 2.42. The molecule has 24 heavy (non-hydrogen) atoms. The lowest BCUT2D eigenvalue weighted by molar-refractivity contribution is 0.565. The third-order valence-corrected chi connectivity index (χ3v) is 5.23. The van der Waals surface area contributed by atoms with Gasteiger partial charge >= 0.3 is 0 Å². The van der Waals surface area contributed by atoms with Crippen LogP contribution in [0.1, 0.15) is 42.6 Å². The van der Waals surface area contributed by atoms with Gasteiger partial charge in [0.25, 0.3) is 0 Å². The molecule has 2 heterocycles. The number of halogens is 1. The molecular weight excluding hydrogens is 318 g/mol. The van der Waals surface area contributed by atoms with Crippen LogP contribution in [0.5, 0.6) is 0 Å². The average molecular weight is 342 g/mol. The molecule has 0 aromatic carbocycles.